The second kappa shape index (κ2) is 10.5. The molecule has 0 amide bonds. The van der Waals surface area contributed by atoms with Gasteiger partial charge < -0.3 is 20.5 Å². The maximum atomic E-state index is 11.8. The van der Waals surface area contributed by atoms with Crippen molar-refractivity contribution in [3.63, 3.8) is 0 Å². The lowest BCUT2D eigenvalue weighted by atomic mass is 9.99. The standard InChI is InChI=1S/C25H29IN4O2/c1-17(21-10-6-8-18-7-2-3-9-22(18)21)28-20-13-12-19(15-20)25(26)32-29-23(27)16-30-14-5-4-11-24(30)31/h2-11,14,17,19-20,25,28H,12-13,15-16H2,1H3,(H2,27,29)/t17-,19?,20?,25?/m1/s1. The van der Waals surface area contributed by atoms with Crippen molar-refractivity contribution in [3.8, 4) is 0 Å². The molecule has 3 N–H and O–H groups in total. The second-order valence-electron chi connectivity index (χ2n) is 8.43. The molecule has 168 valence electrons. The molecule has 3 aromatic rings. The van der Waals surface area contributed by atoms with Gasteiger partial charge in [0.2, 0.25) is 0 Å². The number of pyridine rings is 1. The van der Waals surface area contributed by atoms with E-state index >= 15 is 0 Å². The molecule has 4 rings (SSSR count). The summed E-state index contributed by atoms with van der Waals surface area (Å²) in [4.78, 5) is 17.5. The fraction of sp³-hybridized carbons (Fsp3) is 0.360. The molecule has 0 aliphatic heterocycles. The Kier molecular flexibility index (Phi) is 7.47. The molecule has 1 fully saturated rings. The summed E-state index contributed by atoms with van der Waals surface area (Å²) in [6.07, 6.45) is 4.93. The molecule has 1 aliphatic carbocycles. The molecule has 1 heterocycles. The molecule has 1 aliphatic rings. The number of nitrogens with two attached hydrogens (primary N) is 1. The van der Waals surface area contributed by atoms with Crippen molar-refractivity contribution < 1.29 is 4.84 Å². The smallest absolute Gasteiger partial charge is 0.250 e. The number of hydrogen-bond acceptors (Lipinski definition) is 4. The average Bonchev–Trinajstić information content (AvgIpc) is 3.27. The zero-order valence-corrected chi connectivity index (χ0v) is 20.3. The van der Waals surface area contributed by atoms with Crippen LogP contribution in [0, 0.1) is 5.92 Å². The van der Waals surface area contributed by atoms with Crippen LogP contribution in [-0.2, 0) is 11.4 Å². The maximum absolute atomic E-state index is 11.8. The van der Waals surface area contributed by atoms with Crippen LogP contribution in [0.5, 0.6) is 0 Å². The first-order valence-corrected chi connectivity index (χ1v) is 12.3. The first-order chi connectivity index (χ1) is 15.5. The summed E-state index contributed by atoms with van der Waals surface area (Å²) in [7, 11) is 0. The summed E-state index contributed by atoms with van der Waals surface area (Å²) in [6, 6.07) is 20.8. The van der Waals surface area contributed by atoms with E-state index in [9.17, 15) is 4.79 Å². The predicted octanol–water partition coefficient (Wildman–Crippen LogP) is 4.57. The number of nitrogens with zero attached hydrogens (tertiary/aromatic N) is 2. The lowest BCUT2D eigenvalue weighted by molar-refractivity contribution is 0.0915. The Hall–Kier alpha value is -2.39. The number of hydrogen-bond donors (Lipinski definition) is 2. The van der Waals surface area contributed by atoms with Gasteiger partial charge in [0.15, 0.2) is 9.95 Å². The molecule has 0 saturated heterocycles. The van der Waals surface area contributed by atoms with E-state index in [1.54, 1.807) is 18.3 Å². The van der Waals surface area contributed by atoms with E-state index in [-0.39, 0.29) is 28.1 Å². The van der Waals surface area contributed by atoms with Gasteiger partial charge in [-0.25, -0.2) is 0 Å². The van der Waals surface area contributed by atoms with Gasteiger partial charge in [-0.05, 0) is 71.2 Å². The van der Waals surface area contributed by atoms with Gasteiger partial charge in [-0.15, -0.1) is 0 Å². The number of fused-ring (bicyclic) bond motifs is 1. The number of nitrogens with one attached hydrogen (secondary N) is 1. The summed E-state index contributed by atoms with van der Waals surface area (Å²) in [5.41, 5.74) is 7.20. The number of aromatic nitrogens is 1. The van der Waals surface area contributed by atoms with Crippen LogP contribution in [-0.4, -0.2) is 20.6 Å². The van der Waals surface area contributed by atoms with Crippen LogP contribution < -0.4 is 16.6 Å². The Labute approximate surface area is 202 Å². The van der Waals surface area contributed by atoms with Crippen LogP contribution in [0.2, 0.25) is 0 Å². The van der Waals surface area contributed by atoms with Gasteiger partial charge in [-0.3, -0.25) is 4.79 Å². The molecule has 4 atom stereocenters. The molecule has 2 aromatic carbocycles. The number of oxime groups is 1. The monoisotopic (exact) mass is 544 g/mol. The predicted molar refractivity (Wildman–Crippen MR) is 138 cm³/mol. The van der Waals surface area contributed by atoms with Gasteiger partial charge in [-0.2, -0.15) is 0 Å². The largest absolute Gasteiger partial charge is 0.383 e. The van der Waals surface area contributed by atoms with E-state index in [1.165, 1.54) is 27.0 Å². The number of rotatable bonds is 8. The van der Waals surface area contributed by atoms with Crippen LogP contribution >= 0.6 is 22.6 Å². The normalized spacial score (nSPS) is 20.9. The van der Waals surface area contributed by atoms with Gasteiger partial charge >= 0.3 is 0 Å². The van der Waals surface area contributed by atoms with E-state index in [0.717, 1.165) is 19.3 Å². The summed E-state index contributed by atoms with van der Waals surface area (Å²) in [6.45, 7) is 2.46. The van der Waals surface area contributed by atoms with E-state index in [1.807, 2.05) is 0 Å². The van der Waals surface area contributed by atoms with Crippen molar-refractivity contribution in [1.29, 1.82) is 0 Å². The molecule has 32 heavy (non-hydrogen) atoms. The maximum Gasteiger partial charge on any atom is 0.250 e. The third kappa shape index (κ3) is 5.50. The molecule has 6 nitrogen and oxygen atoms in total. The van der Waals surface area contributed by atoms with Crippen molar-refractivity contribution in [1.82, 2.24) is 9.88 Å². The summed E-state index contributed by atoms with van der Waals surface area (Å²) >= 11 is 2.30. The van der Waals surface area contributed by atoms with Crippen molar-refractivity contribution in [3.05, 3.63) is 82.8 Å². The van der Waals surface area contributed by atoms with Crippen LogP contribution in [0.25, 0.3) is 10.8 Å². The van der Waals surface area contributed by atoms with Crippen molar-refractivity contribution >= 4 is 39.2 Å². The number of benzene rings is 2. The van der Waals surface area contributed by atoms with Crippen LogP contribution in [0.1, 0.15) is 37.8 Å². The van der Waals surface area contributed by atoms with E-state index in [2.05, 4.69) is 82.5 Å². The van der Waals surface area contributed by atoms with Crippen molar-refractivity contribution in [2.24, 2.45) is 16.8 Å². The van der Waals surface area contributed by atoms with E-state index in [0.29, 0.717) is 12.0 Å². The third-order valence-corrected chi connectivity index (χ3v) is 7.37. The zero-order valence-electron chi connectivity index (χ0n) is 18.2. The van der Waals surface area contributed by atoms with E-state index in [4.69, 9.17) is 10.6 Å². The molecule has 0 spiro atoms. The second-order valence-corrected chi connectivity index (χ2v) is 9.66. The molecule has 0 bridgehead atoms. The quantitative estimate of drug-likeness (QED) is 0.143. The lowest BCUT2D eigenvalue weighted by Gasteiger charge is -2.22. The van der Waals surface area contributed by atoms with Gasteiger partial charge in [0.1, 0.15) is 0 Å². The van der Waals surface area contributed by atoms with Gasteiger partial charge in [0.25, 0.3) is 5.56 Å². The molecule has 3 unspecified atom stereocenters. The zero-order chi connectivity index (χ0) is 22.5. The fourth-order valence-electron chi connectivity index (χ4n) is 4.48. The molecule has 7 heteroatoms. The lowest BCUT2D eigenvalue weighted by Crippen LogP contribution is -2.30. The van der Waals surface area contributed by atoms with Gasteiger partial charge in [-0.1, -0.05) is 53.7 Å². The average molecular weight is 544 g/mol. The SMILES string of the molecule is C[C@@H](NC1CCC(C(I)O/N=C(\N)Cn2ccccc2=O)C1)c1cccc2ccccc12. The highest BCUT2D eigenvalue weighted by Crippen LogP contribution is 2.34. The Morgan fingerprint density at radius 3 is 2.81 bits per heavy atom. The Morgan fingerprint density at radius 1 is 1.19 bits per heavy atom. The highest BCUT2D eigenvalue weighted by atomic mass is 127. The first kappa shape index (κ1) is 22.8. The minimum Gasteiger partial charge on any atom is -0.383 e. The molecular formula is C25H29IN4O2. The van der Waals surface area contributed by atoms with Gasteiger partial charge in [0.05, 0.1) is 6.54 Å². The Balaban J connectivity index is 1.31. The minimum atomic E-state index is -0.110. The Bertz CT molecular complexity index is 1140. The molecule has 1 saturated carbocycles. The summed E-state index contributed by atoms with van der Waals surface area (Å²) in [5, 5.41) is 10.5. The number of alkyl halides is 1. The molecular weight excluding hydrogens is 515 g/mol. The topological polar surface area (TPSA) is 81.6 Å². The minimum absolute atomic E-state index is 0.0571. The van der Waals surface area contributed by atoms with Crippen LogP contribution in [0.3, 0.4) is 0 Å². The molecule has 1 aromatic heterocycles. The van der Waals surface area contributed by atoms with E-state index < -0.39 is 0 Å². The molecule has 0 radical (unpaired) electrons. The van der Waals surface area contributed by atoms with Crippen molar-refractivity contribution in [2.75, 3.05) is 0 Å². The fourth-order valence-corrected chi connectivity index (χ4v) is 5.24. The summed E-state index contributed by atoms with van der Waals surface area (Å²) < 4.78 is 1.45. The third-order valence-electron chi connectivity index (χ3n) is 6.12. The van der Waals surface area contributed by atoms with Crippen LogP contribution in [0.4, 0.5) is 0 Å². The highest BCUT2D eigenvalue weighted by Gasteiger charge is 2.32. The van der Waals surface area contributed by atoms with Gasteiger partial charge in [0, 0.05) is 30.3 Å². The number of halogens is 1. The Morgan fingerprint density at radius 2 is 1.97 bits per heavy atom. The first-order valence-electron chi connectivity index (χ1n) is 11.0. The summed E-state index contributed by atoms with van der Waals surface area (Å²) in [5.74, 6) is 0.695. The highest BCUT2D eigenvalue weighted by molar-refractivity contribution is 14.1. The van der Waals surface area contributed by atoms with Crippen LogP contribution in [0.15, 0.2) is 76.8 Å². The van der Waals surface area contributed by atoms with Crippen molar-refractivity contribution in [2.45, 2.75) is 48.9 Å². The number of amidine groups is 1.